The smallest absolute Gasteiger partial charge is 0.0762 e. The maximum absolute atomic E-state index is 5.46. The van der Waals surface area contributed by atoms with E-state index in [4.69, 9.17) is 11.6 Å². The van der Waals surface area contributed by atoms with Crippen LogP contribution in [0.3, 0.4) is 0 Å². The first-order chi connectivity index (χ1) is 3.18. The Kier molecular flexibility index (Phi) is 3.57. The lowest BCUT2D eigenvalue weighted by Crippen LogP contribution is -1.97. The normalized spacial score (nSPS) is 13.6. The molecule has 42 valence electrons. The standard InChI is InChI=1S/C5H9ClS/c1-3-4(2)5(6)7/h4H,3H2,1-2H3. The van der Waals surface area contributed by atoms with E-state index >= 15 is 0 Å². The van der Waals surface area contributed by atoms with Crippen LogP contribution in [-0.2, 0) is 0 Å². The molecule has 0 rings (SSSR count). The third kappa shape index (κ3) is 3.01. The molecule has 1 atom stereocenters. The van der Waals surface area contributed by atoms with Crippen molar-refractivity contribution in [3.8, 4) is 0 Å². The fourth-order valence-corrected chi connectivity index (χ4v) is 0.481. The van der Waals surface area contributed by atoms with E-state index in [1.807, 2.05) is 6.92 Å². The molecule has 0 aliphatic carbocycles. The Labute approximate surface area is 54.9 Å². The van der Waals surface area contributed by atoms with Crippen LogP contribution < -0.4 is 0 Å². The molecule has 0 saturated heterocycles. The molecule has 0 heterocycles. The van der Waals surface area contributed by atoms with Gasteiger partial charge in [0.2, 0.25) is 0 Å². The Balaban J connectivity index is 3.34. The van der Waals surface area contributed by atoms with Crippen LogP contribution in [0.15, 0.2) is 0 Å². The van der Waals surface area contributed by atoms with Crippen molar-refractivity contribution in [2.45, 2.75) is 20.3 Å². The summed E-state index contributed by atoms with van der Waals surface area (Å²) in [6, 6.07) is 0. The lowest BCUT2D eigenvalue weighted by molar-refractivity contribution is 0.758. The van der Waals surface area contributed by atoms with Gasteiger partial charge in [0.15, 0.2) is 0 Å². The molecule has 0 fully saturated rings. The number of rotatable bonds is 2. The second-order valence-corrected chi connectivity index (χ2v) is 2.68. The van der Waals surface area contributed by atoms with E-state index in [2.05, 4.69) is 19.1 Å². The molecule has 0 aromatic rings. The van der Waals surface area contributed by atoms with Crippen LogP contribution in [0.1, 0.15) is 20.3 Å². The Hall–Kier alpha value is 0.380. The van der Waals surface area contributed by atoms with E-state index in [0.717, 1.165) is 6.42 Å². The molecule has 0 nitrogen and oxygen atoms in total. The van der Waals surface area contributed by atoms with Gasteiger partial charge in [0.25, 0.3) is 0 Å². The Morgan fingerprint density at radius 1 is 1.86 bits per heavy atom. The first-order valence-corrected chi connectivity index (χ1v) is 3.16. The quantitative estimate of drug-likeness (QED) is 0.416. The molecule has 0 radical (unpaired) electrons. The van der Waals surface area contributed by atoms with Gasteiger partial charge in [0.1, 0.15) is 0 Å². The monoisotopic (exact) mass is 136 g/mol. The summed E-state index contributed by atoms with van der Waals surface area (Å²) in [5, 5.41) is 0. The summed E-state index contributed by atoms with van der Waals surface area (Å²) in [5.74, 6) is 0.400. The van der Waals surface area contributed by atoms with E-state index in [9.17, 15) is 0 Å². The highest BCUT2D eigenvalue weighted by Crippen LogP contribution is 2.06. The summed E-state index contributed by atoms with van der Waals surface area (Å²) in [7, 11) is 0. The Bertz CT molecular complexity index is 70.5. The molecular weight excluding hydrogens is 128 g/mol. The molecule has 0 aromatic heterocycles. The van der Waals surface area contributed by atoms with E-state index in [1.54, 1.807) is 0 Å². The fraction of sp³-hybridized carbons (Fsp3) is 0.800. The number of thiocarbonyl (C=S) groups is 1. The van der Waals surface area contributed by atoms with Crippen LogP contribution in [-0.4, -0.2) is 4.32 Å². The maximum atomic E-state index is 5.46. The fourth-order valence-electron chi connectivity index (χ4n) is 0.160. The van der Waals surface area contributed by atoms with Gasteiger partial charge >= 0.3 is 0 Å². The molecule has 1 unspecified atom stereocenters. The zero-order valence-electron chi connectivity index (χ0n) is 4.57. The van der Waals surface area contributed by atoms with E-state index < -0.39 is 0 Å². The van der Waals surface area contributed by atoms with Crippen molar-refractivity contribution < 1.29 is 0 Å². The highest BCUT2D eigenvalue weighted by atomic mass is 35.5. The summed E-state index contributed by atoms with van der Waals surface area (Å²) in [4.78, 5) is 0. The van der Waals surface area contributed by atoms with Crippen LogP contribution in [0.5, 0.6) is 0 Å². The molecule has 0 amide bonds. The molecule has 0 aromatic carbocycles. The van der Waals surface area contributed by atoms with Crippen molar-refractivity contribution in [1.29, 1.82) is 0 Å². The van der Waals surface area contributed by atoms with Crippen LogP contribution in [0.2, 0.25) is 0 Å². The predicted molar refractivity (Wildman–Crippen MR) is 37.9 cm³/mol. The minimum Gasteiger partial charge on any atom is -0.0762 e. The topological polar surface area (TPSA) is 0 Å². The molecular formula is C5H9ClS. The van der Waals surface area contributed by atoms with E-state index in [1.165, 1.54) is 0 Å². The van der Waals surface area contributed by atoms with Crippen molar-refractivity contribution in [3.05, 3.63) is 0 Å². The predicted octanol–water partition coefficient (Wildman–Crippen LogP) is 2.60. The van der Waals surface area contributed by atoms with Crippen molar-refractivity contribution in [2.24, 2.45) is 5.92 Å². The minimum absolute atomic E-state index is 0.400. The molecule has 0 spiro atoms. The molecule has 7 heavy (non-hydrogen) atoms. The summed E-state index contributed by atoms with van der Waals surface area (Å²) in [6.07, 6.45) is 1.04. The zero-order valence-corrected chi connectivity index (χ0v) is 6.14. The van der Waals surface area contributed by atoms with E-state index in [-0.39, 0.29) is 0 Å². The van der Waals surface area contributed by atoms with Crippen molar-refractivity contribution in [3.63, 3.8) is 0 Å². The minimum atomic E-state index is 0.400. The highest BCUT2D eigenvalue weighted by molar-refractivity contribution is 7.83. The van der Waals surface area contributed by atoms with Crippen LogP contribution >= 0.6 is 23.8 Å². The van der Waals surface area contributed by atoms with Gasteiger partial charge in [-0.2, -0.15) is 0 Å². The van der Waals surface area contributed by atoms with Crippen molar-refractivity contribution in [2.75, 3.05) is 0 Å². The largest absolute Gasteiger partial charge is 0.0836 e. The first kappa shape index (κ1) is 7.38. The zero-order chi connectivity index (χ0) is 5.86. The summed E-state index contributed by atoms with van der Waals surface area (Å²) < 4.78 is 0.600. The molecule has 0 aliphatic heterocycles. The van der Waals surface area contributed by atoms with Gasteiger partial charge in [0.05, 0.1) is 4.32 Å². The molecule has 0 saturated carbocycles. The van der Waals surface area contributed by atoms with E-state index in [0.29, 0.717) is 10.2 Å². The maximum Gasteiger partial charge on any atom is 0.0836 e. The summed E-state index contributed by atoms with van der Waals surface area (Å²) in [5.41, 5.74) is 0. The van der Waals surface area contributed by atoms with Gasteiger partial charge in [0, 0.05) is 5.92 Å². The average Bonchev–Trinajstić information content (AvgIpc) is 1.65. The van der Waals surface area contributed by atoms with Crippen LogP contribution in [0, 0.1) is 5.92 Å². The average molecular weight is 137 g/mol. The molecule has 0 N–H and O–H groups in total. The lowest BCUT2D eigenvalue weighted by atomic mass is 10.2. The summed E-state index contributed by atoms with van der Waals surface area (Å²) in [6.45, 7) is 4.09. The highest BCUT2D eigenvalue weighted by Gasteiger charge is 1.99. The Morgan fingerprint density at radius 2 is 2.29 bits per heavy atom. The number of hydrogen-bond donors (Lipinski definition) is 0. The molecule has 0 aliphatic rings. The van der Waals surface area contributed by atoms with Gasteiger partial charge in [-0.1, -0.05) is 37.7 Å². The van der Waals surface area contributed by atoms with Crippen LogP contribution in [0.4, 0.5) is 0 Å². The molecule has 2 heteroatoms. The summed E-state index contributed by atoms with van der Waals surface area (Å²) >= 11 is 10.1. The van der Waals surface area contributed by atoms with Gasteiger partial charge < -0.3 is 0 Å². The second kappa shape index (κ2) is 3.39. The second-order valence-electron chi connectivity index (χ2n) is 1.61. The third-order valence-corrected chi connectivity index (χ3v) is 1.77. The lowest BCUT2D eigenvalue weighted by Gasteiger charge is -1.99. The van der Waals surface area contributed by atoms with Gasteiger partial charge in [-0.15, -0.1) is 0 Å². The Morgan fingerprint density at radius 3 is 2.29 bits per heavy atom. The SMILES string of the molecule is CCC(C)C(=S)Cl. The number of hydrogen-bond acceptors (Lipinski definition) is 1. The first-order valence-electron chi connectivity index (χ1n) is 2.37. The number of halogens is 1. The van der Waals surface area contributed by atoms with Crippen molar-refractivity contribution in [1.82, 2.24) is 0 Å². The van der Waals surface area contributed by atoms with Crippen molar-refractivity contribution >= 4 is 28.1 Å². The van der Waals surface area contributed by atoms with Gasteiger partial charge in [-0.3, -0.25) is 0 Å². The third-order valence-electron chi connectivity index (χ3n) is 1.000. The van der Waals surface area contributed by atoms with Gasteiger partial charge in [-0.25, -0.2) is 0 Å². The molecule has 0 bridgehead atoms. The van der Waals surface area contributed by atoms with Crippen LogP contribution in [0.25, 0.3) is 0 Å². The van der Waals surface area contributed by atoms with Gasteiger partial charge in [-0.05, 0) is 6.42 Å².